The lowest BCUT2D eigenvalue weighted by Crippen LogP contribution is -2.43. The maximum absolute atomic E-state index is 13.6. The first-order valence-electron chi connectivity index (χ1n) is 7.59. The molecule has 5 nitrogen and oxygen atoms in total. The van der Waals surface area contributed by atoms with Crippen LogP contribution in [0.4, 0.5) is 9.18 Å². The molecule has 6 heteroatoms. The second-order valence-electron chi connectivity index (χ2n) is 5.44. The number of benzene rings is 2. The van der Waals surface area contributed by atoms with Gasteiger partial charge in [0.15, 0.2) is 0 Å². The standard InChI is InChI=1S/C18H16FN3O2/c1-2-18(14-9-4-3-5-10-14)16(23)22(17(24)21-18)20-12-13-8-6-7-11-15(13)19/h3-12H,2H2,1H3,(H,21,24)/b20-12-/t18-/m0/s1. The van der Waals surface area contributed by atoms with Gasteiger partial charge in [0.1, 0.15) is 11.4 Å². The maximum atomic E-state index is 13.6. The van der Waals surface area contributed by atoms with Gasteiger partial charge in [-0.2, -0.15) is 5.10 Å². The van der Waals surface area contributed by atoms with Crippen molar-refractivity contribution in [1.82, 2.24) is 10.3 Å². The van der Waals surface area contributed by atoms with Gasteiger partial charge in [-0.1, -0.05) is 55.5 Å². The van der Waals surface area contributed by atoms with Crippen LogP contribution in [0.15, 0.2) is 59.7 Å². The van der Waals surface area contributed by atoms with Crippen LogP contribution in [0.1, 0.15) is 24.5 Å². The highest BCUT2D eigenvalue weighted by molar-refractivity contribution is 6.07. The van der Waals surface area contributed by atoms with Crippen molar-refractivity contribution in [2.24, 2.45) is 5.10 Å². The average Bonchev–Trinajstić information content (AvgIpc) is 2.86. The Morgan fingerprint density at radius 1 is 1.12 bits per heavy atom. The monoisotopic (exact) mass is 325 g/mol. The number of hydrazone groups is 1. The number of nitrogens with one attached hydrogen (secondary N) is 1. The summed E-state index contributed by atoms with van der Waals surface area (Å²) in [4.78, 5) is 25.0. The molecule has 1 N–H and O–H groups in total. The molecule has 0 bridgehead atoms. The van der Waals surface area contributed by atoms with Crippen molar-refractivity contribution in [2.75, 3.05) is 0 Å². The predicted octanol–water partition coefficient (Wildman–Crippen LogP) is 3.02. The van der Waals surface area contributed by atoms with Crippen molar-refractivity contribution in [3.05, 3.63) is 71.5 Å². The van der Waals surface area contributed by atoms with Crippen LogP contribution in [0.25, 0.3) is 0 Å². The number of carbonyl (C=O) groups excluding carboxylic acids is 2. The van der Waals surface area contributed by atoms with Crippen molar-refractivity contribution >= 4 is 18.2 Å². The van der Waals surface area contributed by atoms with E-state index in [4.69, 9.17) is 0 Å². The Morgan fingerprint density at radius 3 is 2.46 bits per heavy atom. The summed E-state index contributed by atoms with van der Waals surface area (Å²) in [6, 6.07) is 14.4. The quantitative estimate of drug-likeness (QED) is 0.694. The summed E-state index contributed by atoms with van der Waals surface area (Å²) in [7, 11) is 0. The minimum absolute atomic E-state index is 0.201. The molecule has 0 spiro atoms. The molecular formula is C18H16FN3O2. The molecule has 2 aromatic rings. The van der Waals surface area contributed by atoms with Crippen molar-refractivity contribution in [3.63, 3.8) is 0 Å². The minimum Gasteiger partial charge on any atom is -0.318 e. The maximum Gasteiger partial charge on any atom is 0.346 e. The summed E-state index contributed by atoms with van der Waals surface area (Å²) in [6.07, 6.45) is 1.55. The summed E-state index contributed by atoms with van der Waals surface area (Å²) >= 11 is 0. The van der Waals surface area contributed by atoms with E-state index >= 15 is 0 Å². The lowest BCUT2D eigenvalue weighted by molar-refractivity contribution is -0.131. The topological polar surface area (TPSA) is 61.8 Å². The van der Waals surface area contributed by atoms with E-state index in [9.17, 15) is 14.0 Å². The fraction of sp³-hybridized carbons (Fsp3) is 0.167. The highest BCUT2D eigenvalue weighted by Gasteiger charge is 2.51. The SMILES string of the molecule is CC[C@@]1(c2ccccc2)NC(=O)N(/N=C\c2ccccc2F)C1=O. The van der Waals surface area contributed by atoms with E-state index < -0.39 is 23.3 Å². The summed E-state index contributed by atoms with van der Waals surface area (Å²) in [5, 5.41) is 7.36. The zero-order chi connectivity index (χ0) is 17.2. The Bertz CT molecular complexity index is 807. The Morgan fingerprint density at radius 2 is 1.79 bits per heavy atom. The number of carbonyl (C=O) groups is 2. The number of halogens is 1. The Hall–Kier alpha value is -3.02. The highest BCUT2D eigenvalue weighted by atomic mass is 19.1. The van der Waals surface area contributed by atoms with Gasteiger partial charge >= 0.3 is 6.03 Å². The first-order chi connectivity index (χ1) is 11.6. The number of rotatable bonds is 4. The van der Waals surface area contributed by atoms with Crippen LogP contribution in [-0.4, -0.2) is 23.2 Å². The van der Waals surface area contributed by atoms with Gasteiger partial charge in [0, 0.05) is 5.56 Å². The van der Waals surface area contributed by atoms with Crippen LogP contribution in [-0.2, 0) is 10.3 Å². The fourth-order valence-corrected chi connectivity index (χ4v) is 2.73. The molecule has 3 amide bonds. The first-order valence-corrected chi connectivity index (χ1v) is 7.59. The Balaban J connectivity index is 1.93. The summed E-state index contributed by atoms with van der Waals surface area (Å²) < 4.78 is 13.6. The number of imide groups is 1. The predicted molar refractivity (Wildman–Crippen MR) is 87.8 cm³/mol. The van der Waals surface area contributed by atoms with E-state index in [1.54, 1.807) is 36.4 Å². The average molecular weight is 325 g/mol. The molecular weight excluding hydrogens is 309 g/mol. The molecule has 122 valence electrons. The Kier molecular flexibility index (Phi) is 4.12. The van der Waals surface area contributed by atoms with Crippen molar-refractivity contribution in [1.29, 1.82) is 0 Å². The summed E-state index contributed by atoms with van der Waals surface area (Å²) in [5.74, 6) is -0.952. The molecule has 1 saturated heterocycles. The number of urea groups is 1. The van der Waals surface area contributed by atoms with Crippen molar-refractivity contribution < 1.29 is 14.0 Å². The van der Waals surface area contributed by atoms with E-state index in [1.165, 1.54) is 18.3 Å². The molecule has 1 fully saturated rings. The van der Waals surface area contributed by atoms with Crippen LogP contribution in [0.3, 0.4) is 0 Å². The molecule has 0 unspecified atom stereocenters. The van der Waals surface area contributed by atoms with E-state index in [1.807, 2.05) is 13.0 Å². The smallest absolute Gasteiger partial charge is 0.318 e. The molecule has 3 rings (SSSR count). The molecule has 0 radical (unpaired) electrons. The van der Waals surface area contributed by atoms with Gasteiger partial charge in [-0.25, -0.2) is 9.18 Å². The van der Waals surface area contributed by atoms with Crippen LogP contribution >= 0.6 is 0 Å². The highest BCUT2D eigenvalue weighted by Crippen LogP contribution is 2.32. The van der Waals surface area contributed by atoms with Crippen LogP contribution in [0, 0.1) is 5.82 Å². The molecule has 1 aliphatic rings. The lowest BCUT2D eigenvalue weighted by atomic mass is 9.87. The Labute approximate surface area is 138 Å². The van der Waals surface area contributed by atoms with Gasteiger partial charge in [0.05, 0.1) is 6.21 Å². The van der Waals surface area contributed by atoms with E-state index in [-0.39, 0.29) is 5.56 Å². The molecule has 2 aromatic carbocycles. The second-order valence-corrected chi connectivity index (χ2v) is 5.44. The fourth-order valence-electron chi connectivity index (χ4n) is 2.73. The van der Waals surface area contributed by atoms with Crippen LogP contribution in [0.2, 0.25) is 0 Å². The zero-order valence-electron chi connectivity index (χ0n) is 13.1. The third kappa shape index (κ3) is 2.56. The van der Waals surface area contributed by atoms with E-state index in [0.717, 1.165) is 5.01 Å². The largest absolute Gasteiger partial charge is 0.346 e. The molecule has 1 atom stereocenters. The van der Waals surface area contributed by atoms with Gasteiger partial charge in [-0.3, -0.25) is 4.79 Å². The minimum atomic E-state index is -1.15. The number of hydrogen-bond acceptors (Lipinski definition) is 3. The van der Waals surface area contributed by atoms with Gasteiger partial charge in [-0.15, -0.1) is 5.01 Å². The molecule has 0 aliphatic carbocycles. The second kappa shape index (κ2) is 6.23. The van der Waals surface area contributed by atoms with Crippen molar-refractivity contribution in [3.8, 4) is 0 Å². The van der Waals surface area contributed by atoms with Crippen LogP contribution in [0.5, 0.6) is 0 Å². The van der Waals surface area contributed by atoms with Gasteiger partial charge in [0.25, 0.3) is 5.91 Å². The third-order valence-electron chi connectivity index (χ3n) is 4.08. The summed E-state index contributed by atoms with van der Waals surface area (Å²) in [5.41, 5.74) is -0.258. The lowest BCUT2D eigenvalue weighted by Gasteiger charge is -2.24. The summed E-state index contributed by atoms with van der Waals surface area (Å²) in [6.45, 7) is 1.81. The number of hydrogen-bond donors (Lipinski definition) is 1. The molecule has 24 heavy (non-hydrogen) atoms. The normalized spacial score (nSPS) is 20.7. The first kappa shape index (κ1) is 15.9. The van der Waals surface area contributed by atoms with E-state index in [2.05, 4.69) is 10.4 Å². The van der Waals surface area contributed by atoms with Gasteiger partial charge in [0.2, 0.25) is 0 Å². The van der Waals surface area contributed by atoms with E-state index in [0.29, 0.717) is 12.0 Å². The molecule has 1 aliphatic heterocycles. The van der Waals surface area contributed by atoms with Gasteiger partial charge in [-0.05, 0) is 18.1 Å². The van der Waals surface area contributed by atoms with Gasteiger partial charge < -0.3 is 5.32 Å². The number of nitrogens with zero attached hydrogens (tertiary/aromatic N) is 2. The third-order valence-corrected chi connectivity index (χ3v) is 4.08. The molecule has 0 saturated carbocycles. The van der Waals surface area contributed by atoms with Crippen LogP contribution < -0.4 is 5.32 Å². The number of amides is 3. The molecule has 0 aromatic heterocycles. The molecule has 1 heterocycles. The zero-order valence-corrected chi connectivity index (χ0v) is 13.1. The van der Waals surface area contributed by atoms with Crippen molar-refractivity contribution in [2.45, 2.75) is 18.9 Å².